The van der Waals surface area contributed by atoms with Crippen molar-refractivity contribution in [3.8, 4) is 0 Å². The first-order valence-corrected chi connectivity index (χ1v) is 4.96. The lowest BCUT2D eigenvalue weighted by Gasteiger charge is -2.25. The highest BCUT2D eigenvalue weighted by Crippen LogP contribution is 2.27. The van der Waals surface area contributed by atoms with E-state index in [9.17, 15) is 0 Å². The van der Waals surface area contributed by atoms with Gasteiger partial charge in [0.2, 0.25) is 0 Å². The second-order valence-electron chi connectivity index (χ2n) is 2.19. The fourth-order valence-corrected chi connectivity index (χ4v) is 2.26. The van der Waals surface area contributed by atoms with Crippen LogP contribution in [0.15, 0.2) is 0 Å². The Bertz CT molecular complexity index is 97.7. The molecule has 0 aromatic rings. The third kappa shape index (κ3) is 2.70. The van der Waals surface area contributed by atoms with E-state index in [1.54, 1.807) is 0 Å². The van der Waals surface area contributed by atoms with E-state index in [0.717, 1.165) is 18.6 Å². The van der Waals surface area contributed by atoms with Crippen molar-refractivity contribution in [2.45, 2.75) is 23.7 Å². The van der Waals surface area contributed by atoms with Crippen molar-refractivity contribution in [2.75, 3.05) is 12.4 Å². The van der Waals surface area contributed by atoms with Crippen LogP contribution in [0.1, 0.15) is 12.8 Å². The van der Waals surface area contributed by atoms with Gasteiger partial charge >= 0.3 is 0 Å². The number of thioether (sulfide) groups is 1. The lowest BCUT2D eigenvalue weighted by Crippen LogP contribution is -2.23. The van der Waals surface area contributed by atoms with E-state index in [1.165, 1.54) is 11.8 Å². The minimum atomic E-state index is -0.223. The van der Waals surface area contributed by atoms with Crippen molar-refractivity contribution in [3.05, 3.63) is 0 Å². The molecule has 0 aromatic heterocycles. The quantitative estimate of drug-likeness (QED) is 0.624. The van der Waals surface area contributed by atoms with Gasteiger partial charge in [0.15, 0.2) is 0 Å². The number of hydrogen-bond acceptors (Lipinski definition) is 4. The van der Waals surface area contributed by atoms with E-state index in [4.69, 9.17) is 9.84 Å². The number of aliphatic hydroxyl groups is 1. The fourth-order valence-electron chi connectivity index (χ4n) is 0.840. The van der Waals surface area contributed by atoms with Crippen LogP contribution in [0.25, 0.3) is 0 Å². The molecule has 4 heteroatoms. The van der Waals surface area contributed by atoms with Crippen molar-refractivity contribution in [1.29, 1.82) is 0 Å². The Morgan fingerprint density at radius 3 is 3.10 bits per heavy atom. The van der Waals surface area contributed by atoms with Crippen LogP contribution in [0.2, 0.25) is 0 Å². The van der Waals surface area contributed by atoms with Crippen molar-refractivity contribution < 1.29 is 9.84 Å². The summed E-state index contributed by atoms with van der Waals surface area (Å²) in [5.74, 6) is 0.824. The van der Waals surface area contributed by atoms with E-state index in [1.807, 2.05) is 0 Å². The van der Waals surface area contributed by atoms with Crippen LogP contribution in [0.3, 0.4) is 0 Å². The molecule has 1 aliphatic heterocycles. The predicted octanol–water partition coefficient (Wildman–Crippen LogP) is 1.10. The van der Waals surface area contributed by atoms with E-state index < -0.39 is 0 Å². The van der Waals surface area contributed by atoms with Crippen molar-refractivity contribution in [1.82, 2.24) is 0 Å². The van der Waals surface area contributed by atoms with Gasteiger partial charge in [0.1, 0.15) is 10.9 Å². The van der Waals surface area contributed by atoms with Gasteiger partial charge in [-0.1, -0.05) is 11.8 Å². The van der Waals surface area contributed by atoms with Crippen molar-refractivity contribution in [3.63, 3.8) is 0 Å². The minimum Gasteiger partial charge on any atom is -0.382 e. The van der Waals surface area contributed by atoms with Gasteiger partial charge in [0.25, 0.3) is 0 Å². The van der Waals surface area contributed by atoms with Crippen LogP contribution >= 0.6 is 24.4 Å². The molecular weight excluding hydrogens is 168 g/mol. The molecule has 0 aliphatic carbocycles. The number of hydrogen-bond donors (Lipinski definition) is 2. The average Bonchev–Trinajstić information content (AvgIpc) is 1.88. The van der Waals surface area contributed by atoms with Crippen LogP contribution in [-0.2, 0) is 4.74 Å². The first-order valence-electron chi connectivity index (χ1n) is 3.39. The normalized spacial score (nSPS) is 34.2. The molecule has 1 heterocycles. The van der Waals surface area contributed by atoms with Gasteiger partial charge < -0.3 is 9.84 Å². The SMILES string of the molecule is OC1CCOC(CCS)S1. The fraction of sp³-hybridized carbons (Fsp3) is 1.00. The van der Waals surface area contributed by atoms with Gasteiger partial charge in [-0.05, 0) is 12.2 Å². The summed E-state index contributed by atoms with van der Waals surface area (Å²) in [7, 11) is 0. The smallest absolute Gasteiger partial charge is 0.106 e. The molecule has 0 amide bonds. The van der Waals surface area contributed by atoms with Crippen LogP contribution in [0.4, 0.5) is 0 Å². The molecule has 0 saturated carbocycles. The Morgan fingerprint density at radius 2 is 2.50 bits per heavy atom. The summed E-state index contributed by atoms with van der Waals surface area (Å²) in [6, 6.07) is 0. The maximum Gasteiger partial charge on any atom is 0.106 e. The van der Waals surface area contributed by atoms with E-state index in [0.29, 0.717) is 6.61 Å². The molecule has 1 N–H and O–H groups in total. The largest absolute Gasteiger partial charge is 0.382 e. The Balaban J connectivity index is 2.18. The highest BCUT2D eigenvalue weighted by atomic mass is 32.2. The second kappa shape index (κ2) is 4.49. The number of aliphatic hydroxyl groups excluding tert-OH is 1. The third-order valence-corrected chi connectivity index (χ3v) is 2.83. The van der Waals surface area contributed by atoms with E-state index in [2.05, 4.69) is 12.6 Å². The molecule has 0 aromatic carbocycles. The number of rotatable bonds is 2. The van der Waals surface area contributed by atoms with E-state index >= 15 is 0 Å². The molecule has 2 unspecified atom stereocenters. The molecule has 0 radical (unpaired) electrons. The summed E-state index contributed by atoms with van der Waals surface area (Å²) in [4.78, 5) is 0. The Kier molecular flexibility index (Phi) is 3.91. The van der Waals surface area contributed by atoms with Crippen molar-refractivity contribution >= 4 is 24.4 Å². The van der Waals surface area contributed by atoms with Gasteiger partial charge in [0.05, 0.1) is 6.61 Å². The first kappa shape index (κ1) is 8.71. The zero-order valence-electron chi connectivity index (χ0n) is 5.69. The molecule has 1 saturated heterocycles. The Hall–Kier alpha value is 0.620. The maximum absolute atomic E-state index is 9.16. The van der Waals surface area contributed by atoms with Crippen LogP contribution in [-0.4, -0.2) is 28.3 Å². The standard InChI is InChI=1S/C6H12O2S2/c7-5-1-3-8-6(10-5)2-4-9/h5-7,9H,1-4H2. The summed E-state index contributed by atoms with van der Waals surface area (Å²) in [6.45, 7) is 0.687. The lowest BCUT2D eigenvalue weighted by atomic mass is 10.4. The molecule has 2 nitrogen and oxygen atoms in total. The zero-order chi connectivity index (χ0) is 7.40. The molecule has 60 valence electrons. The van der Waals surface area contributed by atoms with Crippen molar-refractivity contribution in [2.24, 2.45) is 0 Å². The number of ether oxygens (including phenoxy) is 1. The second-order valence-corrected chi connectivity index (χ2v) is 3.98. The summed E-state index contributed by atoms with van der Waals surface area (Å²) >= 11 is 5.58. The number of thiol groups is 1. The highest BCUT2D eigenvalue weighted by molar-refractivity contribution is 8.00. The average molecular weight is 180 g/mol. The minimum absolute atomic E-state index is 0.168. The molecule has 1 rings (SSSR count). The summed E-state index contributed by atoms with van der Waals surface area (Å²) in [5.41, 5.74) is -0.0557. The topological polar surface area (TPSA) is 29.5 Å². The van der Waals surface area contributed by atoms with Crippen LogP contribution in [0, 0.1) is 0 Å². The molecule has 0 bridgehead atoms. The monoisotopic (exact) mass is 180 g/mol. The van der Waals surface area contributed by atoms with Gasteiger partial charge in [-0.3, -0.25) is 0 Å². The molecule has 1 aliphatic rings. The molecule has 2 atom stereocenters. The highest BCUT2D eigenvalue weighted by Gasteiger charge is 2.19. The maximum atomic E-state index is 9.16. The van der Waals surface area contributed by atoms with Gasteiger partial charge in [0, 0.05) is 6.42 Å². The third-order valence-electron chi connectivity index (χ3n) is 1.34. The zero-order valence-corrected chi connectivity index (χ0v) is 7.40. The van der Waals surface area contributed by atoms with Gasteiger partial charge in [-0.25, -0.2) is 0 Å². The Labute approximate surface area is 70.7 Å². The van der Waals surface area contributed by atoms with Crippen LogP contribution < -0.4 is 0 Å². The molecular formula is C6H12O2S2. The van der Waals surface area contributed by atoms with Gasteiger partial charge in [-0.2, -0.15) is 12.6 Å². The van der Waals surface area contributed by atoms with E-state index in [-0.39, 0.29) is 10.9 Å². The lowest BCUT2D eigenvalue weighted by molar-refractivity contribution is 0.0702. The summed E-state index contributed by atoms with van der Waals surface area (Å²) < 4.78 is 5.34. The Morgan fingerprint density at radius 1 is 1.70 bits per heavy atom. The van der Waals surface area contributed by atoms with Gasteiger partial charge in [-0.15, -0.1) is 0 Å². The molecule has 0 spiro atoms. The molecule has 1 fully saturated rings. The predicted molar refractivity (Wildman–Crippen MR) is 46.4 cm³/mol. The molecule has 10 heavy (non-hydrogen) atoms. The first-order chi connectivity index (χ1) is 4.83. The van der Waals surface area contributed by atoms with Crippen LogP contribution in [0.5, 0.6) is 0 Å². The summed E-state index contributed by atoms with van der Waals surface area (Å²) in [6.07, 6.45) is 1.68. The summed E-state index contributed by atoms with van der Waals surface area (Å²) in [5, 5.41) is 9.16.